The monoisotopic (exact) mass is 364 g/mol. The first-order chi connectivity index (χ1) is 13.1. The van der Waals surface area contributed by atoms with Crippen molar-refractivity contribution in [2.24, 2.45) is 0 Å². The van der Waals surface area contributed by atoms with Crippen LogP contribution in [-0.4, -0.2) is 28.1 Å². The number of unbranched alkanes of at least 4 members (excludes halogenated alkanes) is 1. The predicted octanol–water partition coefficient (Wildman–Crippen LogP) is 3.24. The lowest BCUT2D eigenvalue weighted by Crippen LogP contribution is -2.27. The number of hydrogen-bond acceptors (Lipinski definition) is 5. The first-order valence-corrected chi connectivity index (χ1v) is 8.87. The number of hydrogen-bond donors (Lipinski definition) is 0. The molecule has 0 saturated carbocycles. The van der Waals surface area contributed by atoms with E-state index in [4.69, 9.17) is 4.74 Å². The van der Waals surface area contributed by atoms with Crippen LogP contribution in [0.25, 0.3) is 10.8 Å². The SMILES string of the molecule is CCCCn1nc(C(=O)OCC(=O)c2ccccc2)c2ccccc2c1=O. The minimum absolute atomic E-state index is 0.0437. The quantitative estimate of drug-likeness (QED) is 0.475. The van der Waals surface area contributed by atoms with Crippen molar-refractivity contribution < 1.29 is 14.3 Å². The van der Waals surface area contributed by atoms with Gasteiger partial charge in [-0.05, 0) is 12.5 Å². The van der Waals surface area contributed by atoms with Crippen molar-refractivity contribution in [3.05, 3.63) is 76.2 Å². The molecule has 6 nitrogen and oxygen atoms in total. The molecule has 2 aromatic carbocycles. The molecule has 27 heavy (non-hydrogen) atoms. The Kier molecular flexibility index (Phi) is 5.76. The van der Waals surface area contributed by atoms with Gasteiger partial charge >= 0.3 is 5.97 Å². The fourth-order valence-corrected chi connectivity index (χ4v) is 2.75. The fourth-order valence-electron chi connectivity index (χ4n) is 2.75. The summed E-state index contributed by atoms with van der Waals surface area (Å²) >= 11 is 0. The Hall–Kier alpha value is -3.28. The van der Waals surface area contributed by atoms with Gasteiger partial charge < -0.3 is 4.74 Å². The van der Waals surface area contributed by atoms with Crippen LogP contribution in [0.15, 0.2) is 59.4 Å². The highest BCUT2D eigenvalue weighted by Gasteiger charge is 2.19. The number of ether oxygens (including phenoxy) is 1. The van der Waals surface area contributed by atoms with Gasteiger partial charge in [-0.3, -0.25) is 9.59 Å². The molecule has 1 heterocycles. The largest absolute Gasteiger partial charge is 0.452 e. The molecule has 0 fully saturated rings. The minimum Gasteiger partial charge on any atom is -0.452 e. The molecule has 138 valence electrons. The van der Waals surface area contributed by atoms with Gasteiger partial charge in [0.05, 0.1) is 5.39 Å². The number of carbonyl (C=O) groups is 2. The molecule has 0 radical (unpaired) electrons. The molecule has 1 aromatic heterocycles. The zero-order valence-electron chi connectivity index (χ0n) is 15.1. The van der Waals surface area contributed by atoms with Crippen LogP contribution in [0.3, 0.4) is 0 Å². The summed E-state index contributed by atoms with van der Waals surface area (Å²) in [7, 11) is 0. The van der Waals surface area contributed by atoms with Crippen LogP contribution < -0.4 is 5.56 Å². The van der Waals surface area contributed by atoms with Gasteiger partial charge in [-0.1, -0.05) is 61.9 Å². The van der Waals surface area contributed by atoms with Crippen LogP contribution in [-0.2, 0) is 11.3 Å². The molecule has 3 aromatic rings. The fraction of sp³-hybridized carbons (Fsp3) is 0.238. The molecule has 0 bridgehead atoms. The van der Waals surface area contributed by atoms with Crippen molar-refractivity contribution in [3.8, 4) is 0 Å². The van der Waals surface area contributed by atoms with Crippen molar-refractivity contribution in [2.75, 3.05) is 6.61 Å². The summed E-state index contributed by atoms with van der Waals surface area (Å²) in [5, 5.41) is 5.04. The molecule has 0 N–H and O–H groups in total. The minimum atomic E-state index is -0.722. The zero-order chi connectivity index (χ0) is 19.2. The topological polar surface area (TPSA) is 78.3 Å². The van der Waals surface area contributed by atoms with E-state index in [0.29, 0.717) is 22.9 Å². The molecule has 0 amide bonds. The number of aryl methyl sites for hydroxylation is 1. The van der Waals surface area contributed by atoms with Gasteiger partial charge in [-0.25, -0.2) is 9.48 Å². The molecule has 0 saturated heterocycles. The van der Waals surface area contributed by atoms with Crippen molar-refractivity contribution in [3.63, 3.8) is 0 Å². The van der Waals surface area contributed by atoms with Gasteiger partial charge in [0.15, 0.2) is 18.1 Å². The van der Waals surface area contributed by atoms with E-state index in [1.54, 1.807) is 54.6 Å². The lowest BCUT2D eigenvalue weighted by Gasteiger charge is -2.10. The number of nitrogens with zero attached hydrogens (tertiary/aromatic N) is 2. The second-order valence-electron chi connectivity index (χ2n) is 6.14. The van der Waals surface area contributed by atoms with Gasteiger partial charge in [-0.15, -0.1) is 0 Å². The molecule has 3 rings (SSSR count). The Morgan fingerprint density at radius 3 is 2.37 bits per heavy atom. The summed E-state index contributed by atoms with van der Waals surface area (Å²) in [5.74, 6) is -1.02. The number of rotatable bonds is 7. The molecular weight excluding hydrogens is 344 g/mol. The van der Waals surface area contributed by atoms with Crippen molar-refractivity contribution in [1.29, 1.82) is 0 Å². The van der Waals surface area contributed by atoms with E-state index in [1.165, 1.54) is 4.68 Å². The summed E-state index contributed by atoms with van der Waals surface area (Å²) in [6.07, 6.45) is 1.67. The average molecular weight is 364 g/mol. The lowest BCUT2D eigenvalue weighted by atomic mass is 10.1. The molecule has 6 heteroatoms. The Labute approximate surface area is 156 Å². The van der Waals surface area contributed by atoms with Crippen molar-refractivity contribution in [1.82, 2.24) is 9.78 Å². The summed E-state index contributed by atoms with van der Waals surface area (Å²) in [5.41, 5.74) is 0.272. The Balaban J connectivity index is 1.88. The van der Waals surface area contributed by atoms with Gasteiger partial charge in [0.1, 0.15) is 0 Å². The first kappa shape index (κ1) is 18.5. The number of ketones is 1. The van der Waals surface area contributed by atoms with Crippen LogP contribution >= 0.6 is 0 Å². The Morgan fingerprint density at radius 2 is 1.67 bits per heavy atom. The summed E-state index contributed by atoms with van der Waals surface area (Å²) in [6, 6.07) is 15.4. The second-order valence-corrected chi connectivity index (χ2v) is 6.14. The maximum Gasteiger partial charge on any atom is 0.359 e. The molecule has 0 spiro atoms. The van der Waals surface area contributed by atoms with E-state index in [-0.39, 0.29) is 23.6 Å². The van der Waals surface area contributed by atoms with Crippen LogP contribution in [0.4, 0.5) is 0 Å². The summed E-state index contributed by atoms with van der Waals surface area (Å²) < 4.78 is 6.48. The van der Waals surface area contributed by atoms with E-state index in [9.17, 15) is 14.4 Å². The van der Waals surface area contributed by atoms with Gasteiger partial charge in [-0.2, -0.15) is 5.10 Å². The maximum atomic E-state index is 12.6. The molecule has 0 unspecified atom stereocenters. The number of aromatic nitrogens is 2. The van der Waals surface area contributed by atoms with Crippen LogP contribution in [0, 0.1) is 0 Å². The number of esters is 1. The van der Waals surface area contributed by atoms with E-state index in [0.717, 1.165) is 12.8 Å². The van der Waals surface area contributed by atoms with E-state index in [2.05, 4.69) is 5.10 Å². The van der Waals surface area contributed by atoms with Gasteiger partial charge in [0.25, 0.3) is 5.56 Å². The molecular formula is C21H20N2O4. The van der Waals surface area contributed by atoms with E-state index in [1.807, 2.05) is 6.92 Å². The third-order valence-corrected chi connectivity index (χ3v) is 4.21. The maximum absolute atomic E-state index is 12.6. The third kappa shape index (κ3) is 4.11. The Morgan fingerprint density at radius 1 is 1.00 bits per heavy atom. The van der Waals surface area contributed by atoms with Crippen LogP contribution in [0.5, 0.6) is 0 Å². The smallest absolute Gasteiger partial charge is 0.359 e. The summed E-state index contributed by atoms with van der Waals surface area (Å²) in [6.45, 7) is 2.05. The molecule has 0 aliphatic carbocycles. The first-order valence-electron chi connectivity index (χ1n) is 8.87. The second kappa shape index (κ2) is 8.40. The van der Waals surface area contributed by atoms with Crippen molar-refractivity contribution >= 4 is 22.5 Å². The zero-order valence-corrected chi connectivity index (χ0v) is 15.1. The molecule has 0 atom stereocenters. The third-order valence-electron chi connectivity index (χ3n) is 4.21. The Bertz CT molecular complexity index is 1030. The van der Waals surface area contributed by atoms with Crippen LogP contribution in [0.1, 0.15) is 40.6 Å². The number of Topliss-reactive ketones (excluding diaryl/α,β-unsaturated/α-hetero) is 1. The molecule has 0 aliphatic heterocycles. The summed E-state index contributed by atoms with van der Waals surface area (Å²) in [4.78, 5) is 37.3. The predicted molar refractivity (Wildman–Crippen MR) is 102 cm³/mol. The molecule has 0 aliphatic rings. The average Bonchev–Trinajstić information content (AvgIpc) is 2.72. The number of benzene rings is 2. The lowest BCUT2D eigenvalue weighted by molar-refractivity contribution is 0.0468. The van der Waals surface area contributed by atoms with E-state index >= 15 is 0 Å². The van der Waals surface area contributed by atoms with Crippen LogP contribution in [0.2, 0.25) is 0 Å². The van der Waals surface area contributed by atoms with Crippen molar-refractivity contribution in [2.45, 2.75) is 26.3 Å². The number of carbonyl (C=O) groups excluding carboxylic acids is 2. The highest BCUT2D eigenvalue weighted by Crippen LogP contribution is 2.15. The highest BCUT2D eigenvalue weighted by atomic mass is 16.5. The number of fused-ring (bicyclic) bond motifs is 1. The standard InChI is InChI=1S/C21H20N2O4/c1-2-3-13-23-20(25)17-12-8-7-11-16(17)19(22-23)21(26)27-14-18(24)15-9-5-4-6-10-15/h4-12H,2-3,13-14H2,1H3. The van der Waals surface area contributed by atoms with E-state index < -0.39 is 5.97 Å². The normalized spacial score (nSPS) is 10.7. The van der Waals surface area contributed by atoms with Gasteiger partial charge in [0.2, 0.25) is 0 Å². The highest BCUT2D eigenvalue weighted by molar-refractivity contribution is 6.04. The van der Waals surface area contributed by atoms with Gasteiger partial charge in [0, 0.05) is 17.5 Å².